The first kappa shape index (κ1) is 11.8. The zero-order chi connectivity index (χ0) is 13.1. The number of nitro groups is 1. The summed E-state index contributed by atoms with van der Waals surface area (Å²) in [6.45, 7) is 1.63. The van der Waals surface area contributed by atoms with Crippen molar-refractivity contribution in [2.45, 2.75) is 6.92 Å². The fraction of sp³-hybridized carbons (Fsp3) is 0.0833. The first-order valence-electron chi connectivity index (χ1n) is 5.27. The highest BCUT2D eigenvalue weighted by molar-refractivity contribution is 6.03. The van der Waals surface area contributed by atoms with Gasteiger partial charge in [-0.3, -0.25) is 14.9 Å². The molecule has 0 radical (unpaired) electrons. The van der Waals surface area contributed by atoms with Crippen LogP contribution in [0.15, 0.2) is 36.5 Å². The molecule has 1 heterocycles. The summed E-state index contributed by atoms with van der Waals surface area (Å²) in [5.41, 5.74) is 1.50. The maximum atomic E-state index is 11.7. The summed E-state index contributed by atoms with van der Waals surface area (Å²) >= 11 is 0. The molecule has 0 aliphatic rings. The van der Waals surface area contributed by atoms with Gasteiger partial charge in [0.2, 0.25) is 0 Å². The maximum Gasteiger partial charge on any atom is 0.272 e. The number of carbonyl (C=O) groups is 1. The van der Waals surface area contributed by atoms with E-state index in [2.05, 4.69) is 10.3 Å². The summed E-state index contributed by atoms with van der Waals surface area (Å²) < 4.78 is 0. The van der Waals surface area contributed by atoms with E-state index in [-0.39, 0.29) is 11.6 Å². The Morgan fingerprint density at radius 2 is 2.17 bits per heavy atom. The minimum Gasteiger partial charge on any atom is -0.357 e. The Balaban J connectivity index is 2.18. The molecule has 0 atom stereocenters. The van der Waals surface area contributed by atoms with E-state index in [0.29, 0.717) is 16.9 Å². The number of H-pyrrole nitrogens is 1. The number of hydrogen-bond donors (Lipinski definition) is 2. The lowest BCUT2D eigenvalue weighted by atomic mass is 10.2. The predicted molar refractivity (Wildman–Crippen MR) is 66.6 cm³/mol. The Morgan fingerprint density at radius 3 is 2.72 bits per heavy atom. The summed E-state index contributed by atoms with van der Waals surface area (Å²) in [5, 5.41) is 13.3. The SMILES string of the molecule is Cc1cc(NC(=O)c2ccc[nH]2)ccc1[N+](=O)[O-]. The number of amides is 1. The molecule has 0 saturated carbocycles. The number of nitrogens with one attached hydrogen (secondary N) is 2. The molecule has 1 amide bonds. The summed E-state index contributed by atoms with van der Waals surface area (Å²) in [7, 11) is 0. The topological polar surface area (TPSA) is 88.0 Å². The van der Waals surface area contributed by atoms with Gasteiger partial charge < -0.3 is 10.3 Å². The van der Waals surface area contributed by atoms with Gasteiger partial charge in [0, 0.05) is 23.5 Å². The van der Waals surface area contributed by atoms with Crippen LogP contribution in [0.4, 0.5) is 11.4 Å². The van der Waals surface area contributed by atoms with Crippen molar-refractivity contribution in [2.75, 3.05) is 5.32 Å². The molecule has 1 aromatic carbocycles. The van der Waals surface area contributed by atoms with E-state index >= 15 is 0 Å². The highest BCUT2D eigenvalue weighted by Crippen LogP contribution is 2.21. The third-order valence-electron chi connectivity index (χ3n) is 2.49. The van der Waals surface area contributed by atoms with Crippen molar-refractivity contribution < 1.29 is 9.72 Å². The van der Waals surface area contributed by atoms with E-state index in [4.69, 9.17) is 0 Å². The fourth-order valence-electron chi connectivity index (χ4n) is 1.61. The van der Waals surface area contributed by atoms with Gasteiger partial charge in [-0.1, -0.05) is 0 Å². The van der Waals surface area contributed by atoms with Crippen molar-refractivity contribution in [3.63, 3.8) is 0 Å². The van der Waals surface area contributed by atoms with Crippen LogP contribution < -0.4 is 5.32 Å². The molecule has 0 bridgehead atoms. The van der Waals surface area contributed by atoms with Crippen molar-refractivity contribution in [3.8, 4) is 0 Å². The van der Waals surface area contributed by atoms with Crippen molar-refractivity contribution in [1.29, 1.82) is 0 Å². The van der Waals surface area contributed by atoms with Gasteiger partial charge in [-0.15, -0.1) is 0 Å². The monoisotopic (exact) mass is 245 g/mol. The molecule has 2 aromatic rings. The molecule has 6 heteroatoms. The molecule has 2 rings (SSSR count). The van der Waals surface area contributed by atoms with Crippen LogP contribution in [0.25, 0.3) is 0 Å². The van der Waals surface area contributed by atoms with Gasteiger partial charge >= 0.3 is 0 Å². The number of nitrogens with zero attached hydrogens (tertiary/aromatic N) is 1. The van der Waals surface area contributed by atoms with Crippen LogP contribution in [-0.2, 0) is 0 Å². The Morgan fingerprint density at radius 1 is 1.39 bits per heavy atom. The van der Waals surface area contributed by atoms with Crippen LogP contribution in [-0.4, -0.2) is 15.8 Å². The molecule has 0 saturated heterocycles. The molecular weight excluding hydrogens is 234 g/mol. The second-order valence-corrected chi connectivity index (χ2v) is 3.80. The molecule has 0 unspecified atom stereocenters. The van der Waals surface area contributed by atoms with Crippen molar-refractivity contribution in [1.82, 2.24) is 4.98 Å². The second-order valence-electron chi connectivity index (χ2n) is 3.80. The molecule has 0 aliphatic heterocycles. The Bertz CT molecular complexity index is 591. The van der Waals surface area contributed by atoms with Crippen molar-refractivity contribution >= 4 is 17.3 Å². The normalized spacial score (nSPS) is 10.1. The highest BCUT2D eigenvalue weighted by Gasteiger charge is 2.12. The van der Waals surface area contributed by atoms with E-state index < -0.39 is 4.92 Å². The molecular formula is C12H11N3O3. The average molecular weight is 245 g/mol. The third-order valence-corrected chi connectivity index (χ3v) is 2.49. The first-order chi connectivity index (χ1) is 8.58. The third kappa shape index (κ3) is 2.37. The molecule has 2 N–H and O–H groups in total. The van der Waals surface area contributed by atoms with Gasteiger partial charge in [0.25, 0.3) is 11.6 Å². The number of rotatable bonds is 3. The molecule has 18 heavy (non-hydrogen) atoms. The lowest BCUT2D eigenvalue weighted by molar-refractivity contribution is -0.385. The van der Waals surface area contributed by atoms with Gasteiger partial charge in [0.15, 0.2) is 0 Å². The number of anilines is 1. The number of aromatic amines is 1. The summed E-state index contributed by atoms with van der Waals surface area (Å²) in [4.78, 5) is 24.7. The van der Waals surface area contributed by atoms with Crippen LogP contribution in [0.3, 0.4) is 0 Å². The summed E-state index contributed by atoms with van der Waals surface area (Å²) in [5.74, 6) is -0.284. The van der Waals surface area contributed by atoms with Crippen LogP contribution in [0, 0.1) is 17.0 Å². The minimum absolute atomic E-state index is 0.0351. The van der Waals surface area contributed by atoms with Crippen LogP contribution >= 0.6 is 0 Å². The van der Waals surface area contributed by atoms with Gasteiger partial charge in [-0.05, 0) is 31.2 Å². The van der Waals surface area contributed by atoms with Crippen molar-refractivity contribution in [2.24, 2.45) is 0 Å². The van der Waals surface area contributed by atoms with E-state index in [1.807, 2.05) is 0 Å². The van der Waals surface area contributed by atoms with E-state index in [1.54, 1.807) is 31.3 Å². The average Bonchev–Trinajstić information content (AvgIpc) is 2.81. The Kier molecular flexibility index (Phi) is 3.09. The van der Waals surface area contributed by atoms with Crippen LogP contribution in [0.1, 0.15) is 16.1 Å². The number of aromatic nitrogens is 1. The van der Waals surface area contributed by atoms with Crippen molar-refractivity contribution in [3.05, 3.63) is 57.9 Å². The van der Waals surface area contributed by atoms with E-state index in [1.165, 1.54) is 12.1 Å². The quantitative estimate of drug-likeness (QED) is 0.643. The zero-order valence-electron chi connectivity index (χ0n) is 9.64. The minimum atomic E-state index is -0.452. The predicted octanol–water partition coefficient (Wildman–Crippen LogP) is 2.48. The van der Waals surface area contributed by atoms with Gasteiger partial charge in [-0.25, -0.2) is 0 Å². The smallest absolute Gasteiger partial charge is 0.272 e. The van der Waals surface area contributed by atoms with Gasteiger partial charge in [-0.2, -0.15) is 0 Å². The summed E-state index contributed by atoms with van der Waals surface area (Å²) in [6.07, 6.45) is 1.65. The molecule has 0 aliphatic carbocycles. The Labute approximate surface area is 103 Å². The van der Waals surface area contributed by atoms with E-state index in [0.717, 1.165) is 0 Å². The lowest BCUT2D eigenvalue weighted by Gasteiger charge is -2.05. The number of hydrogen-bond acceptors (Lipinski definition) is 3. The highest BCUT2D eigenvalue weighted by atomic mass is 16.6. The van der Waals surface area contributed by atoms with Crippen LogP contribution in [0.5, 0.6) is 0 Å². The largest absolute Gasteiger partial charge is 0.357 e. The standard InChI is InChI=1S/C12H11N3O3/c1-8-7-9(4-5-11(8)15(17)18)14-12(16)10-3-2-6-13-10/h2-7,13H,1H3,(H,14,16). The maximum absolute atomic E-state index is 11.7. The molecule has 0 fully saturated rings. The second kappa shape index (κ2) is 4.70. The summed E-state index contributed by atoms with van der Waals surface area (Å²) in [6, 6.07) is 7.81. The van der Waals surface area contributed by atoms with Crippen LogP contribution in [0.2, 0.25) is 0 Å². The number of nitro benzene ring substituents is 1. The molecule has 6 nitrogen and oxygen atoms in total. The molecule has 92 valence electrons. The van der Waals surface area contributed by atoms with E-state index in [9.17, 15) is 14.9 Å². The van der Waals surface area contributed by atoms with Gasteiger partial charge in [0.05, 0.1) is 4.92 Å². The lowest BCUT2D eigenvalue weighted by Crippen LogP contribution is -2.12. The zero-order valence-corrected chi connectivity index (χ0v) is 9.64. The number of aryl methyl sites for hydroxylation is 1. The first-order valence-corrected chi connectivity index (χ1v) is 5.27. The number of benzene rings is 1. The fourth-order valence-corrected chi connectivity index (χ4v) is 1.61. The number of carbonyl (C=O) groups excluding carboxylic acids is 1. The molecule has 1 aromatic heterocycles. The Hall–Kier alpha value is -2.63. The van der Waals surface area contributed by atoms with Gasteiger partial charge in [0.1, 0.15) is 5.69 Å². The molecule has 0 spiro atoms.